The summed E-state index contributed by atoms with van der Waals surface area (Å²) in [4.78, 5) is 2.06. The van der Waals surface area contributed by atoms with E-state index in [1.165, 1.54) is 12.1 Å². The molecule has 2 rings (SSSR count). The van der Waals surface area contributed by atoms with Crippen LogP contribution in [0.5, 0.6) is 0 Å². The number of nitrogens with two attached hydrogens (primary N) is 1. The van der Waals surface area contributed by atoms with Crippen LogP contribution in [-0.4, -0.2) is 37.4 Å². The monoisotopic (exact) mass is 286 g/mol. The average molecular weight is 286 g/mol. The van der Waals surface area contributed by atoms with Gasteiger partial charge >= 0.3 is 0 Å². The Morgan fingerprint density at radius 2 is 2.16 bits per heavy atom. The van der Waals surface area contributed by atoms with Crippen LogP contribution in [0.2, 0.25) is 0 Å². The third-order valence-corrected chi connectivity index (χ3v) is 5.36. The van der Waals surface area contributed by atoms with Crippen molar-refractivity contribution in [3.63, 3.8) is 0 Å². The molecule has 106 valence electrons. The molecule has 1 aliphatic heterocycles. The van der Waals surface area contributed by atoms with Gasteiger partial charge in [-0.1, -0.05) is 6.07 Å². The maximum atomic E-state index is 13.3. The predicted molar refractivity (Wildman–Crippen MR) is 72.8 cm³/mol. The van der Waals surface area contributed by atoms with Crippen LogP contribution in [0, 0.1) is 5.82 Å². The molecule has 19 heavy (non-hydrogen) atoms. The van der Waals surface area contributed by atoms with E-state index < -0.39 is 9.84 Å². The molecule has 1 saturated heterocycles. The zero-order chi connectivity index (χ0) is 14.0. The van der Waals surface area contributed by atoms with Crippen molar-refractivity contribution in [3.05, 3.63) is 35.1 Å². The van der Waals surface area contributed by atoms with Crippen molar-refractivity contribution in [2.45, 2.75) is 26.1 Å². The van der Waals surface area contributed by atoms with Gasteiger partial charge in [0, 0.05) is 25.7 Å². The Kier molecular flexibility index (Phi) is 4.23. The van der Waals surface area contributed by atoms with Gasteiger partial charge in [0.05, 0.1) is 11.5 Å². The molecular weight excluding hydrogens is 267 g/mol. The van der Waals surface area contributed by atoms with Crippen LogP contribution in [0.1, 0.15) is 18.1 Å². The fourth-order valence-corrected chi connectivity index (χ4v) is 4.05. The van der Waals surface area contributed by atoms with Gasteiger partial charge in [-0.25, -0.2) is 12.8 Å². The summed E-state index contributed by atoms with van der Waals surface area (Å²) in [6, 6.07) is 4.52. The van der Waals surface area contributed by atoms with Crippen LogP contribution in [-0.2, 0) is 22.9 Å². The standard InChI is InChI=1S/C13H19FN2O2S/c1-10-9-19(17,18)5-4-16(10)8-12-6-13(14)3-2-11(12)7-15/h2-3,6,10H,4-5,7-9,15H2,1H3. The number of rotatable bonds is 3. The summed E-state index contributed by atoms with van der Waals surface area (Å²) in [6.07, 6.45) is 0. The first-order valence-corrected chi connectivity index (χ1v) is 8.15. The van der Waals surface area contributed by atoms with Crippen molar-refractivity contribution in [1.29, 1.82) is 0 Å². The minimum Gasteiger partial charge on any atom is -0.326 e. The highest BCUT2D eigenvalue weighted by Gasteiger charge is 2.28. The number of halogens is 1. The molecule has 0 amide bonds. The Bertz CT molecular complexity index is 560. The average Bonchev–Trinajstić information content (AvgIpc) is 2.32. The van der Waals surface area contributed by atoms with Gasteiger partial charge in [-0.2, -0.15) is 0 Å². The van der Waals surface area contributed by atoms with E-state index in [-0.39, 0.29) is 23.4 Å². The lowest BCUT2D eigenvalue weighted by Gasteiger charge is -2.33. The minimum atomic E-state index is -2.92. The SMILES string of the molecule is CC1CS(=O)(=O)CCN1Cc1cc(F)ccc1CN. The van der Waals surface area contributed by atoms with Crippen LogP contribution in [0.25, 0.3) is 0 Å². The number of hydrogen-bond acceptors (Lipinski definition) is 4. The molecule has 1 fully saturated rings. The van der Waals surface area contributed by atoms with Crippen molar-refractivity contribution in [2.24, 2.45) is 5.73 Å². The van der Waals surface area contributed by atoms with Gasteiger partial charge in [0.25, 0.3) is 0 Å². The molecule has 1 atom stereocenters. The van der Waals surface area contributed by atoms with Crippen LogP contribution in [0.4, 0.5) is 4.39 Å². The number of hydrogen-bond donors (Lipinski definition) is 1. The zero-order valence-electron chi connectivity index (χ0n) is 11.0. The molecule has 0 saturated carbocycles. The zero-order valence-corrected chi connectivity index (χ0v) is 11.8. The molecule has 0 spiro atoms. The Hall–Kier alpha value is -0.980. The Morgan fingerprint density at radius 1 is 1.42 bits per heavy atom. The second-order valence-electron chi connectivity index (χ2n) is 5.05. The lowest BCUT2D eigenvalue weighted by molar-refractivity contribution is 0.217. The highest BCUT2D eigenvalue weighted by atomic mass is 32.2. The first kappa shape index (κ1) is 14.4. The van der Waals surface area contributed by atoms with E-state index in [2.05, 4.69) is 4.90 Å². The van der Waals surface area contributed by atoms with Crippen molar-refractivity contribution in [3.8, 4) is 0 Å². The number of nitrogens with zero attached hydrogens (tertiary/aromatic N) is 1. The highest BCUT2D eigenvalue weighted by Crippen LogP contribution is 2.18. The number of sulfone groups is 1. The van der Waals surface area contributed by atoms with Gasteiger partial charge < -0.3 is 5.73 Å². The first-order chi connectivity index (χ1) is 8.91. The van der Waals surface area contributed by atoms with E-state index in [1.807, 2.05) is 6.92 Å². The first-order valence-electron chi connectivity index (χ1n) is 6.33. The third-order valence-electron chi connectivity index (χ3n) is 3.57. The summed E-state index contributed by atoms with van der Waals surface area (Å²) in [6.45, 7) is 3.28. The number of benzene rings is 1. The Morgan fingerprint density at radius 3 is 2.79 bits per heavy atom. The second kappa shape index (κ2) is 5.56. The predicted octanol–water partition coefficient (Wildman–Crippen LogP) is 0.903. The van der Waals surface area contributed by atoms with Gasteiger partial charge in [-0.05, 0) is 30.2 Å². The molecule has 6 heteroatoms. The maximum Gasteiger partial charge on any atom is 0.153 e. The van der Waals surface area contributed by atoms with Crippen molar-refractivity contribution >= 4 is 9.84 Å². The van der Waals surface area contributed by atoms with E-state index in [0.29, 0.717) is 19.6 Å². The molecule has 1 heterocycles. The molecule has 1 aliphatic rings. The quantitative estimate of drug-likeness (QED) is 0.897. The van der Waals surface area contributed by atoms with E-state index >= 15 is 0 Å². The van der Waals surface area contributed by atoms with Gasteiger partial charge in [0.15, 0.2) is 9.84 Å². The molecule has 1 aromatic rings. The van der Waals surface area contributed by atoms with Crippen LogP contribution in [0.3, 0.4) is 0 Å². The molecule has 0 bridgehead atoms. The van der Waals surface area contributed by atoms with Crippen molar-refractivity contribution in [2.75, 3.05) is 18.1 Å². The topological polar surface area (TPSA) is 63.4 Å². The normalized spacial score (nSPS) is 23.4. The van der Waals surface area contributed by atoms with Gasteiger partial charge in [-0.3, -0.25) is 4.90 Å². The molecular formula is C13H19FN2O2S. The van der Waals surface area contributed by atoms with E-state index in [9.17, 15) is 12.8 Å². The summed E-state index contributed by atoms with van der Waals surface area (Å²) in [5.74, 6) is 0.0507. The summed E-state index contributed by atoms with van der Waals surface area (Å²) in [5.41, 5.74) is 7.39. The highest BCUT2D eigenvalue weighted by molar-refractivity contribution is 7.91. The summed E-state index contributed by atoms with van der Waals surface area (Å²) in [5, 5.41) is 0. The fraction of sp³-hybridized carbons (Fsp3) is 0.538. The van der Waals surface area contributed by atoms with Gasteiger partial charge in [-0.15, -0.1) is 0 Å². The van der Waals surface area contributed by atoms with E-state index in [4.69, 9.17) is 5.73 Å². The third kappa shape index (κ3) is 3.52. The second-order valence-corrected chi connectivity index (χ2v) is 7.28. The lowest BCUT2D eigenvalue weighted by Crippen LogP contribution is -2.46. The summed E-state index contributed by atoms with van der Waals surface area (Å²) >= 11 is 0. The lowest BCUT2D eigenvalue weighted by atomic mass is 10.1. The molecule has 1 unspecified atom stereocenters. The van der Waals surface area contributed by atoms with Crippen molar-refractivity contribution in [1.82, 2.24) is 4.90 Å². The summed E-state index contributed by atoms with van der Waals surface area (Å²) < 4.78 is 36.4. The molecule has 2 N–H and O–H groups in total. The van der Waals surface area contributed by atoms with E-state index in [1.54, 1.807) is 6.07 Å². The molecule has 0 radical (unpaired) electrons. The Labute approximate surface area is 113 Å². The molecule has 0 aromatic heterocycles. The Balaban J connectivity index is 2.15. The van der Waals surface area contributed by atoms with Gasteiger partial charge in [0.2, 0.25) is 0 Å². The largest absolute Gasteiger partial charge is 0.326 e. The van der Waals surface area contributed by atoms with Crippen LogP contribution < -0.4 is 5.73 Å². The summed E-state index contributed by atoms with van der Waals surface area (Å²) in [7, 11) is -2.92. The fourth-order valence-electron chi connectivity index (χ4n) is 2.43. The molecule has 0 aliphatic carbocycles. The van der Waals surface area contributed by atoms with Crippen LogP contribution in [0.15, 0.2) is 18.2 Å². The van der Waals surface area contributed by atoms with Crippen LogP contribution >= 0.6 is 0 Å². The van der Waals surface area contributed by atoms with Crippen molar-refractivity contribution < 1.29 is 12.8 Å². The minimum absolute atomic E-state index is 0.0485. The maximum absolute atomic E-state index is 13.3. The molecule has 1 aromatic carbocycles. The van der Waals surface area contributed by atoms with Gasteiger partial charge in [0.1, 0.15) is 5.82 Å². The van der Waals surface area contributed by atoms with E-state index in [0.717, 1.165) is 11.1 Å². The smallest absolute Gasteiger partial charge is 0.153 e. The molecule has 4 nitrogen and oxygen atoms in total.